The van der Waals surface area contributed by atoms with Crippen LogP contribution in [-0.2, 0) is 0 Å². The summed E-state index contributed by atoms with van der Waals surface area (Å²) in [4.78, 5) is 0. The topological polar surface area (TPSA) is 18.5 Å². The highest BCUT2D eigenvalue weighted by Crippen LogP contribution is 2.42. The van der Waals surface area contributed by atoms with E-state index in [2.05, 4.69) is 19.1 Å². The first-order valence-corrected chi connectivity index (χ1v) is 14.0. The number of ether oxygens (including phenoxy) is 2. The van der Waals surface area contributed by atoms with Gasteiger partial charge in [-0.2, -0.15) is 4.39 Å². The molecule has 0 heterocycles. The number of rotatable bonds is 10. The Labute approximate surface area is 216 Å². The Morgan fingerprint density at radius 1 is 0.778 bits per heavy atom. The van der Waals surface area contributed by atoms with Crippen LogP contribution in [0, 0.1) is 35.3 Å². The van der Waals surface area contributed by atoms with Crippen molar-refractivity contribution in [3.05, 3.63) is 60.2 Å². The van der Waals surface area contributed by atoms with Gasteiger partial charge in [-0.15, -0.1) is 0 Å². The average Bonchev–Trinajstić information content (AvgIpc) is 2.92. The van der Waals surface area contributed by atoms with Crippen molar-refractivity contribution in [1.82, 2.24) is 0 Å². The lowest BCUT2D eigenvalue weighted by Crippen LogP contribution is -2.27. The van der Waals surface area contributed by atoms with Crippen LogP contribution in [0.3, 0.4) is 0 Å². The third kappa shape index (κ3) is 6.89. The van der Waals surface area contributed by atoms with Gasteiger partial charge in [-0.05, 0) is 119 Å². The molecule has 2 fully saturated rings. The molecule has 2 saturated carbocycles. The maximum absolute atomic E-state index is 14.5. The molecule has 0 atom stereocenters. The van der Waals surface area contributed by atoms with Gasteiger partial charge < -0.3 is 9.47 Å². The summed E-state index contributed by atoms with van der Waals surface area (Å²) in [5, 5.41) is 0. The second-order valence-electron chi connectivity index (χ2n) is 10.7. The molecule has 0 unspecified atom stereocenters. The summed E-state index contributed by atoms with van der Waals surface area (Å²) in [6.45, 7) is 4.89. The molecular formula is C32H42F2O2. The maximum Gasteiger partial charge on any atom is 0.201 e. The Kier molecular flexibility index (Phi) is 9.83. The third-order valence-corrected chi connectivity index (χ3v) is 8.42. The Bertz CT molecular complexity index is 968. The molecule has 0 radical (unpaired) electrons. The molecule has 0 spiro atoms. The zero-order valence-electron chi connectivity index (χ0n) is 22.0. The van der Waals surface area contributed by atoms with E-state index in [0.717, 1.165) is 30.1 Å². The Balaban J connectivity index is 1.20. The van der Waals surface area contributed by atoms with Crippen LogP contribution in [0.4, 0.5) is 8.78 Å². The van der Waals surface area contributed by atoms with Crippen molar-refractivity contribution in [1.29, 1.82) is 0 Å². The SMILES string of the molecule is C/C=C/CCC1CCC(C2CCC(COc3ccc(-c4ccc(OCC)c(F)c4F)cc3)CC2)CC1. The lowest BCUT2D eigenvalue weighted by atomic mass is 9.69. The minimum atomic E-state index is -0.942. The number of allylic oxidation sites excluding steroid dienone is 2. The van der Waals surface area contributed by atoms with E-state index in [9.17, 15) is 8.78 Å². The van der Waals surface area contributed by atoms with E-state index >= 15 is 0 Å². The maximum atomic E-state index is 14.5. The first-order valence-electron chi connectivity index (χ1n) is 14.0. The van der Waals surface area contributed by atoms with E-state index in [1.807, 2.05) is 12.1 Å². The van der Waals surface area contributed by atoms with Crippen LogP contribution < -0.4 is 9.47 Å². The van der Waals surface area contributed by atoms with Gasteiger partial charge in [-0.1, -0.05) is 37.1 Å². The lowest BCUT2D eigenvalue weighted by molar-refractivity contribution is 0.122. The lowest BCUT2D eigenvalue weighted by Gasteiger charge is -2.37. The summed E-state index contributed by atoms with van der Waals surface area (Å²) in [5.41, 5.74) is 0.853. The zero-order valence-corrected chi connectivity index (χ0v) is 22.0. The standard InChI is InChI=1S/C32H42F2O2/c1-3-5-6-7-23-8-12-25(13-9-23)26-14-10-24(11-15-26)22-36-28-18-16-27(17-19-28)29-20-21-30(35-4-2)32(34)31(29)33/h3,5,16-21,23-26H,4,6-15,22H2,1-2H3/b5-3+. The fraction of sp³-hybridized carbons (Fsp3) is 0.562. The molecule has 0 saturated heterocycles. The molecule has 0 aliphatic heterocycles. The van der Waals surface area contributed by atoms with Crippen LogP contribution in [0.25, 0.3) is 11.1 Å². The van der Waals surface area contributed by atoms with Gasteiger partial charge in [-0.25, -0.2) is 4.39 Å². The number of hydrogen-bond donors (Lipinski definition) is 0. The second-order valence-corrected chi connectivity index (χ2v) is 10.7. The molecule has 0 N–H and O–H groups in total. The van der Waals surface area contributed by atoms with Gasteiger partial charge >= 0.3 is 0 Å². The van der Waals surface area contributed by atoms with Crippen LogP contribution in [0.2, 0.25) is 0 Å². The van der Waals surface area contributed by atoms with E-state index in [0.29, 0.717) is 18.1 Å². The molecule has 0 amide bonds. The van der Waals surface area contributed by atoms with Gasteiger partial charge in [0.15, 0.2) is 11.6 Å². The van der Waals surface area contributed by atoms with Crippen molar-refractivity contribution in [2.24, 2.45) is 23.7 Å². The van der Waals surface area contributed by atoms with Crippen LogP contribution in [0.15, 0.2) is 48.6 Å². The predicted molar refractivity (Wildman–Crippen MR) is 143 cm³/mol. The number of benzene rings is 2. The number of halogens is 2. The van der Waals surface area contributed by atoms with Gasteiger partial charge in [0.2, 0.25) is 5.82 Å². The molecule has 2 aliphatic carbocycles. The normalized spacial score (nSPS) is 24.7. The van der Waals surface area contributed by atoms with Crippen molar-refractivity contribution >= 4 is 0 Å². The summed E-state index contributed by atoms with van der Waals surface area (Å²) in [6, 6.07) is 10.3. The highest BCUT2D eigenvalue weighted by molar-refractivity contribution is 5.66. The summed E-state index contributed by atoms with van der Waals surface area (Å²) in [7, 11) is 0. The fourth-order valence-electron chi connectivity index (χ4n) is 6.24. The quantitative estimate of drug-likeness (QED) is 0.305. The van der Waals surface area contributed by atoms with E-state index < -0.39 is 11.6 Å². The van der Waals surface area contributed by atoms with Crippen molar-refractivity contribution in [3.63, 3.8) is 0 Å². The third-order valence-electron chi connectivity index (χ3n) is 8.42. The van der Waals surface area contributed by atoms with Crippen molar-refractivity contribution < 1.29 is 18.3 Å². The molecule has 4 rings (SSSR count). The molecule has 196 valence electrons. The average molecular weight is 497 g/mol. The second kappa shape index (κ2) is 13.3. The first-order chi connectivity index (χ1) is 17.6. The van der Waals surface area contributed by atoms with Crippen LogP contribution in [0.5, 0.6) is 11.5 Å². The highest BCUT2D eigenvalue weighted by Gasteiger charge is 2.31. The van der Waals surface area contributed by atoms with Gasteiger partial charge in [0.05, 0.1) is 13.2 Å². The molecule has 2 aromatic rings. The summed E-state index contributed by atoms with van der Waals surface area (Å²) in [5.74, 6) is 2.29. The minimum absolute atomic E-state index is 0.0545. The van der Waals surface area contributed by atoms with Crippen LogP contribution in [0.1, 0.15) is 78.1 Å². The summed E-state index contributed by atoms with van der Waals surface area (Å²) < 4.78 is 40.0. The molecule has 2 aromatic carbocycles. The van der Waals surface area contributed by atoms with Gasteiger partial charge in [-0.3, -0.25) is 0 Å². The molecule has 2 aliphatic rings. The van der Waals surface area contributed by atoms with Crippen molar-refractivity contribution in [2.45, 2.75) is 78.1 Å². The Morgan fingerprint density at radius 2 is 1.42 bits per heavy atom. The largest absolute Gasteiger partial charge is 0.493 e. The van der Waals surface area contributed by atoms with E-state index in [1.165, 1.54) is 70.3 Å². The molecule has 0 bridgehead atoms. The zero-order chi connectivity index (χ0) is 25.3. The smallest absolute Gasteiger partial charge is 0.201 e. The van der Waals surface area contributed by atoms with Gasteiger partial charge in [0.25, 0.3) is 0 Å². The molecule has 2 nitrogen and oxygen atoms in total. The summed E-state index contributed by atoms with van der Waals surface area (Å²) >= 11 is 0. The molecular weight excluding hydrogens is 454 g/mol. The van der Waals surface area contributed by atoms with Crippen LogP contribution in [-0.4, -0.2) is 13.2 Å². The first kappa shape index (κ1) is 26.7. The Morgan fingerprint density at radius 3 is 2.03 bits per heavy atom. The molecule has 4 heteroatoms. The molecule has 0 aromatic heterocycles. The highest BCUT2D eigenvalue weighted by atomic mass is 19.2. The molecule has 36 heavy (non-hydrogen) atoms. The minimum Gasteiger partial charge on any atom is -0.493 e. The van der Waals surface area contributed by atoms with Crippen molar-refractivity contribution in [2.75, 3.05) is 13.2 Å². The predicted octanol–water partition coefficient (Wildman–Crippen LogP) is 9.38. The van der Waals surface area contributed by atoms with E-state index in [-0.39, 0.29) is 11.3 Å². The monoisotopic (exact) mass is 496 g/mol. The van der Waals surface area contributed by atoms with Gasteiger partial charge in [0, 0.05) is 5.56 Å². The number of hydrogen-bond acceptors (Lipinski definition) is 2. The van der Waals surface area contributed by atoms with E-state index in [1.54, 1.807) is 25.1 Å². The summed E-state index contributed by atoms with van der Waals surface area (Å²) in [6.07, 6.45) is 18.0. The Hall–Kier alpha value is -2.36. The van der Waals surface area contributed by atoms with Gasteiger partial charge in [0.1, 0.15) is 5.75 Å². The van der Waals surface area contributed by atoms with Crippen LogP contribution >= 0.6 is 0 Å². The van der Waals surface area contributed by atoms with E-state index in [4.69, 9.17) is 9.47 Å². The fourth-order valence-corrected chi connectivity index (χ4v) is 6.24. The van der Waals surface area contributed by atoms with Crippen molar-refractivity contribution in [3.8, 4) is 22.6 Å².